The number of imide groups is 1. The van der Waals surface area contributed by atoms with E-state index in [0.29, 0.717) is 22.9 Å². The van der Waals surface area contributed by atoms with Crippen LogP contribution in [0.15, 0.2) is 65.6 Å². The number of thioether (sulfide) groups is 1. The number of nitrogens with zero attached hydrogens (tertiary/aromatic N) is 1. The van der Waals surface area contributed by atoms with Gasteiger partial charge in [0.2, 0.25) is 0 Å². The van der Waals surface area contributed by atoms with Gasteiger partial charge in [0.05, 0.1) is 11.5 Å². The summed E-state index contributed by atoms with van der Waals surface area (Å²) in [6.45, 7) is 1.74. The molecule has 0 atom stereocenters. The van der Waals surface area contributed by atoms with Gasteiger partial charge in [-0.25, -0.2) is 0 Å². The fraction of sp³-hybridized carbons (Fsp3) is 0.160. The number of carbonyl (C=O) groups excluding carboxylic acids is 3. The minimum Gasteiger partial charge on any atom is -0.488 e. The van der Waals surface area contributed by atoms with Gasteiger partial charge >= 0.3 is 5.97 Å². The van der Waals surface area contributed by atoms with Crippen molar-refractivity contribution in [3.8, 4) is 5.75 Å². The quantitative estimate of drug-likeness (QED) is 0.319. The first kappa shape index (κ1) is 22.9. The molecule has 6 nitrogen and oxygen atoms in total. The monoisotopic (exact) mass is 481 g/mol. The number of amides is 2. The van der Waals surface area contributed by atoms with Crippen LogP contribution in [0.25, 0.3) is 16.8 Å². The molecule has 33 heavy (non-hydrogen) atoms. The molecule has 0 aliphatic carbocycles. The van der Waals surface area contributed by atoms with E-state index in [1.807, 2.05) is 48.5 Å². The van der Waals surface area contributed by atoms with Gasteiger partial charge < -0.3 is 9.47 Å². The minimum absolute atomic E-state index is 0.176. The number of ether oxygens (including phenoxy) is 2. The lowest BCUT2D eigenvalue weighted by molar-refractivity contribution is -0.145. The lowest BCUT2D eigenvalue weighted by Crippen LogP contribution is -2.34. The summed E-state index contributed by atoms with van der Waals surface area (Å²) in [5.74, 6) is -0.589. The maximum atomic E-state index is 12.9. The molecule has 1 fully saturated rings. The number of hydrogen-bond acceptors (Lipinski definition) is 6. The highest BCUT2D eigenvalue weighted by Crippen LogP contribution is 2.37. The van der Waals surface area contributed by atoms with Crippen LogP contribution in [-0.4, -0.2) is 35.2 Å². The third-order valence-corrected chi connectivity index (χ3v) is 6.14. The molecule has 0 aromatic heterocycles. The van der Waals surface area contributed by atoms with Gasteiger partial charge in [-0.2, -0.15) is 0 Å². The second-order valence-electron chi connectivity index (χ2n) is 7.19. The predicted molar refractivity (Wildman–Crippen MR) is 129 cm³/mol. The van der Waals surface area contributed by atoms with Crippen LogP contribution < -0.4 is 4.74 Å². The van der Waals surface area contributed by atoms with Crippen LogP contribution in [0.4, 0.5) is 4.79 Å². The van der Waals surface area contributed by atoms with Crippen LogP contribution in [-0.2, 0) is 20.9 Å². The SMILES string of the molecule is CCOC(=O)CN1C(=O)S/C(=C/c2c(OCc3ccc(Cl)cc3)ccc3ccccc23)C1=O. The summed E-state index contributed by atoms with van der Waals surface area (Å²) < 4.78 is 11.0. The van der Waals surface area contributed by atoms with Crippen LogP contribution >= 0.6 is 23.4 Å². The number of rotatable bonds is 7. The van der Waals surface area contributed by atoms with E-state index in [4.69, 9.17) is 21.1 Å². The lowest BCUT2D eigenvalue weighted by Gasteiger charge is -2.13. The average Bonchev–Trinajstić information content (AvgIpc) is 3.07. The molecule has 4 rings (SSSR count). The molecule has 0 bridgehead atoms. The van der Waals surface area contributed by atoms with Crippen LogP contribution in [0.5, 0.6) is 5.75 Å². The second kappa shape index (κ2) is 10.1. The summed E-state index contributed by atoms with van der Waals surface area (Å²) in [7, 11) is 0. The highest BCUT2D eigenvalue weighted by atomic mass is 35.5. The van der Waals surface area contributed by atoms with E-state index in [1.54, 1.807) is 25.1 Å². The van der Waals surface area contributed by atoms with E-state index in [2.05, 4.69) is 0 Å². The molecule has 3 aromatic rings. The molecule has 0 spiro atoms. The third kappa shape index (κ3) is 5.21. The molecule has 1 saturated heterocycles. The number of carbonyl (C=O) groups is 3. The molecule has 0 N–H and O–H groups in total. The molecule has 0 unspecified atom stereocenters. The number of fused-ring (bicyclic) bond motifs is 1. The summed E-state index contributed by atoms with van der Waals surface area (Å²) in [5.41, 5.74) is 1.62. The lowest BCUT2D eigenvalue weighted by atomic mass is 10.0. The largest absolute Gasteiger partial charge is 0.488 e. The Kier molecular flexibility index (Phi) is 7.01. The fourth-order valence-electron chi connectivity index (χ4n) is 3.40. The molecule has 1 aliphatic rings. The molecule has 0 saturated carbocycles. The van der Waals surface area contributed by atoms with Gasteiger partial charge in [-0.05, 0) is 59.3 Å². The van der Waals surface area contributed by atoms with Gasteiger partial charge in [0.15, 0.2) is 0 Å². The summed E-state index contributed by atoms with van der Waals surface area (Å²) in [6.07, 6.45) is 1.65. The van der Waals surface area contributed by atoms with E-state index in [0.717, 1.165) is 33.0 Å². The first-order valence-corrected chi connectivity index (χ1v) is 11.5. The Bertz CT molecular complexity index is 1260. The van der Waals surface area contributed by atoms with Crippen molar-refractivity contribution in [2.24, 2.45) is 0 Å². The fourth-order valence-corrected chi connectivity index (χ4v) is 4.34. The smallest absolute Gasteiger partial charge is 0.326 e. The Morgan fingerprint density at radius 3 is 2.58 bits per heavy atom. The second-order valence-corrected chi connectivity index (χ2v) is 8.62. The van der Waals surface area contributed by atoms with Gasteiger partial charge in [0.25, 0.3) is 11.1 Å². The normalized spacial score (nSPS) is 14.8. The molecular formula is C25H20ClNO5S. The van der Waals surface area contributed by atoms with E-state index in [9.17, 15) is 14.4 Å². The Hall–Kier alpha value is -3.29. The molecule has 8 heteroatoms. The topological polar surface area (TPSA) is 72.9 Å². The highest BCUT2D eigenvalue weighted by molar-refractivity contribution is 8.18. The summed E-state index contributed by atoms with van der Waals surface area (Å²) in [4.78, 5) is 38.2. The van der Waals surface area contributed by atoms with Crippen molar-refractivity contribution in [2.75, 3.05) is 13.2 Å². The number of esters is 1. The number of hydrogen-bond donors (Lipinski definition) is 0. The van der Waals surface area contributed by atoms with Crippen LogP contribution in [0.1, 0.15) is 18.1 Å². The third-order valence-electron chi connectivity index (χ3n) is 4.98. The van der Waals surface area contributed by atoms with Gasteiger partial charge in [0, 0.05) is 10.6 Å². The Morgan fingerprint density at radius 1 is 1.06 bits per heavy atom. The Labute approximate surface area is 200 Å². The minimum atomic E-state index is -0.627. The molecule has 1 aliphatic heterocycles. The van der Waals surface area contributed by atoms with Crippen molar-refractivity contribution in [1.29, 1.82) is 0 Å². The van der Waals surface area contributed by atoms with Crippen molar-refractivity contribution in [2.45, 2.75) is 13.5 Å². The van der Waals surface area contributed by atoms with Gasteiger partial charge in [-0.3, -0.25) is 19.3 Å². The van der Waals surface area contributed by atoms with Gasteiger partial charge in [-0.15, -0.1) is 0 Å². The van der Waals surface area contributed by atoms with E-state index < -0.39 is 23.7 Å². The molecule has 2 amide bonds. The van der Waals surface area contributed by atoms with Crippen molar-refractivity contribution in [3.63, 3.8) is 0 Å². The van der Waals surface area contributed by atoms with E-state index in [1.165, 1.54) is 0 Å². The standard InChI is InChI=1S/C25H20ClNO5S/c1-2-31-23(28)14-27-24(29)22(33-25(27)30)13-20-19-6-4-3-5-17(19)9-12-21(20)32-15-16-7-10-18(26)11-8-16/h3-13H,2,14-15H2,1H3/b22-13+. The Morgan fingerprint density at radius 2 is 1.82 bits per heavy atom. The summed E-state index contributed by atoms with van der Waals surface area (Å²) in [5, 5.41) is 1.98. The molecule has 0 radical (unpaired) electrons. The van der Waals surface area contributed by atoms with Gasteiger partial charge in [0.1, 0.15) is 18.9 Å². The number of benzene rings is 3. The number of halogens is 1. The summed E-state index contributed by atoms with van der Waals surface area (Å²) in [6, 6.07) is 18.8. The van der Waals surface area contributed by atoms with E-state index in [-0.39, 0.29) is 11.5 Å². The zero-order chi connectivity index (χ0) is 23.4. The molecule has 1 heterocycles. The van der Waals surface area contributed by atoms with E-state index >= 15 is 0 Å². The van der Waals surface area contributed by atoms with Gasteiger partial charge in [-0.1, -0.05) is 54.1 Å². The van der Waals surface area contributed by atoms with Crippen LogP contribution in [0, 0.1) is 0 Å². The first-order chi connectivity index (χ1) is 16.0. The van der Waals surface area contributed by atoms with Crippen molar-refractivity contribution in [1.82, 2.24) is 4.90 Å². The van der Waals surface area contributed by atoms with Crippen molar-refractivity contribution in [3.05, 3.63) is 81.7 Å². The predicted octanol–water partition coefficient (Wildman–Crippen LogP) is 5.67. The summed E-state index contributed by atoms with van der Waals surface area (Å²) >= 11 is 6.75. The first-order valence-electron chi connectivity index (χ1n) is 10.3. The maximum absolute atomic E-state index is 12.9. The molecule has 168 valence electrons. The average molecular weight is 482 g/mol. The highest BCUT2D eigenvalue weighted by Gasteiger charge is 2.37. The van der Waals surface area contributed by atoms with Crippen molar-refractivity contribution >= 4 is 57.3 Å². The zero-order valence-electron chi connectivity index (χ0n) is 17.7. The van der Waals surface area contributed by atoms with Crippen LogP contribution in [0.2, 0.25) is 5.02 Å². The Balaban J connectivity index is 1.67. The van der Waals surface area contributed by atoms with Crippen LogP contribution in [0.3, 0.4) is 0 Å². The maximum Gasteiger partial charge on any atom is 0.326 e. The molecule has 3 aromatic carbocycles. The molecular weight excluding hydrogens is 462 g/mol. The van der Waals surface area contributed by atoms with Crippen molar-refractivity contribution < 1.29 is 23.9 Å². The zero-order valence-corrected chi connectivity index (χ0v) is 19.3.